The molecule has 2 aliphatic rings. The standard InChI is InChI=1S/C27H32F6N2O3.C9H6F6O.C6H6/c28-26(29,30)22-14-20(15-23(16-22)27(31,32)33)18-38-25-17-34(10-13-37-25)8-4-5-9-35-11-12-36-19-24(35)21-6-2-1-3-7-21;10-8(11,12)6-1-5(4-16)2-7(3-6)9(13,14)15;1-2-4-6-5-3-1/h1-3,6-7,14-16,24-25H,4-5,8-13,17-19H2;1-3,16H,4H2;1-6H/t24-,25-;;/m1../s1. The van der Waals surface area contributed by atoms with Crippen LogP contribution < -0.4 is 0 Å². The lowest BCUT2D eigenvalue weighted by atomic mass is 10.0. The smallest absolute Gasteiger partial charge is 0.392 e. The van der Waals surface area contributed by atoms with E-state index in [0.717, 1.165) is 32.5 Å². The Morgan fingerprint density at radius 1 is 0.583 bits per heavy atom. The molecule has 2 aliphatic heterocycles. The Labute approximate surface area is 339 Å². The average Bonchev–Trinajstić information content (AvgIpc) is 3.22. The highest BCUT2D eigenvalue weighted by molar-refractivity contribution is 5.34. The van der Waals surface area contributed by atoms with Crippen molar-refractivity contribution in [3.63, 3.8) is 0 Å². The van der Waals surface area contributed by atoms with E-state index in [4.69, 9.17) is 19.3 Å². The maximum atomic E-state index is 13.1. The second-order valence-corrected chi connectivity index (χ2v) is 13.8. The van der Waals surface area contributed by atoms with Crippen molar-refractivity contribution in [3.8, 4) is 0 Å². The summed E-state index contributed by atoms with van der Waals surface area (Å²) in [4.78, 5) is 4.59. The van der Waals surface area contributed by atoms with Gasteiger partial charge in [-0.25, -0.2) is 0 Å². The fourth-order valence-electron chi connectivity index (χ4n) is 6.30. The molecule has 18 heteroatoms. The van der Waals surface area contributed by atoms with Crippen molar-refractivity contribution in [2.24, 2.45) is 0 Å². The Morgan fingerprint density at radius 3 is 1.53 bits per heavy atom. The minimum Gasteiger partial charge on any atom is -0.392 e. The van der Waals surface area contributed by atoms with E-state index in [0.29, 0.717) is 57.2 Å². The molecular formula is C42H44F12N2O4. The molecule has 0 unspecified atom stereocenters. The number of aliphatic hydroxyl groups is 1. The molecule has 2 fully saturated rings. The monoisotopic (exact) mass is 868 g/mol. The third kappa shape index (κ3) is 16.0. The molecule has 1 N–H and O–H groups in total. The third-order valence-electron chi connectivity index (χ3n) is 9.29. The van der Waals surface area contributed by atoms with E-state index < -0.39 is 72.0 Å². The minimum absolute atomic E-state index is 0.0131. The van der Waals surface area contributed by atoms with Crippen LogP contribution in [0.5, 0.6) is 0 Å². The van der Waals surface area contributed by atoms with Crippen molar-refractivity contribution < 1.29 is 72.0 Å². The van der Waals surface area contributed by atoms with Crippen molar-refractivity contribution in [3.05, 3.63) is 142 Å². The van der Waals surface area contributed by atoms with Gasteiger partial charge in [0.1, 0.15) is 0 Å². The SMILES string of the molecule is FC(F)(F)c1cc(CO[C@@H]2CN(CCCCN3CCOC[C@@H]3c3ccccc3)CCO2)cc(C(F)(F)F)c1.OCc1cc(C(F)(F)F)cc(C(F)(F)F)c1.c1ccccc1. The molecule has 2 saturated heterocycles. The number of ether oxygens (including phenoxy) is 3. The van der Waals surface area contributed by atoms with Gasteiger partial charge in [-0.15, -0.1) is 0 Å². The van der Waals surface area contributed by atoms with Gasteiger partial charge in [0.25, 0.3) is 0 Å². The van der Waals surface area contributed by atoms with Gasteiger partial charge < -0.3 is 19.3 Å². The summed E-state index contributed by atoms with van der Waals surface area (Å²) >= 11 is 0. The van der Waals surface area contributed by atoms with Crippen molar-refractivity contribution in [1.82, 2.24) is 9.80 Å². The van der Waals surface area contributed by atoms with Gasteiger partial charge in [-0.3, -0.25) is 9.80 Å². The largest absolute Gasteiger partial charge is 0.416 e. The topological polar surface area (TPSA) is 54.4 Å². The van der Waals surface area contributed by atoms with Gasteiger partial charge >= 0.3 is 24.7 Å². The van der Waals surface area contributed by atoms with E-state index in [1.54, 1.807) is 0 Å². The first-order valence-electron chi connectivity index (χ1n) is 18.7. The number of alkyl halides is 12. The third-order valence-corrected chi connectivity index (χ3v) is 9.29. The number of benzene rings is 4. The van der Waals surface area contributed by atoms with Crippen molar-refractivity contribution in [2.75, 3.05) is 52.5 Å². The first-order chi connectivity index (χ1) is 28.2. The van der Waals surface area contributed by atoms with Crippen LogP contribution in [0, 0.1) is 0 Å². The van der Waals surface area contributed by atoms with E-state index in [1.807, 2.05) is 54.6 Å². The number of unbranched alkanes of at least 4 members (excludes halogenated alkanes) is 1. The molecule has 0 saturated carbocycles. The molecule has 4 aromatic rings. The van der Waals surface area contributed by atoms with Gasteiger partial charge in [0.05, 0.1) is 61.3 Å². The molecule has 0 amide bonds. The molecule has 2 heterocycles. The number of aliphatic hydroxyl groups excluding tert-OH is 1. The summed E-state index contributed by atoms with van der Waals surface area (Å²) in [7, 11) is 0. The van der Waals surface area contributed by atoms with Gasteiger partial charge in [-0.1, -0.05) is 66.7 Å². The highest BCUT2D eigenvalue weighted by Crippen LogP contribution is 2.38. The molecule has 330 valence electrons. The number of hydrogen-bond acceptors (Lipinski definition) is 6. The van der Waals surface area contributed by atoms with Gasteiger partial charge in [0, 0.05) is 19.6 Å². The molecular weight excluding hydrogens is 824 g/mol. The quantitative estimate of drug-likeness (QED) is 0.127. The van der Waals surface area contributed by atoms with Crippen LogP contribution in [0.1, 0.15) is 57.8 Å². The molecule has 6 nitrogen and oxygen atoms in total. The molecule has 0 bridgehead atoms. The summed E-state index contributed by atoms with van der Waals surface area (Å²) in [5.74, 6) is 0. The molecule has 4 aromatic carbocycles. The van der Waals surface area contributed by atoms with Gasteiger partial charge in [0.15, 0.2) is 6.29 Å². The van der Waals surface area contributed by atoms with Crippen LogP contribution in [-0.2, 0) is 52.1 Å². The zero-order valence-corrected chi connectivity index (χ0v) is 32.1. The van der Waals surface area contributed by atoms with Crippen LogP contribution in [0.25, 0.3) is 0 Å². The van der Waals surface area contributed by atoms with E-state index in [9.17, 15) is 52.7 Å². The van der Waals surface area contributed by atoms with Gasteiger partial charge in [-0.2, -0.15) is 52.7 Å². The summed E-state index contributed by atoms with van der Waals surface area (Å²) in [6, 6.07) is 25.0. The molecule has 0 aliphatic carbocycles. The van der Waals surface area contributed by atoms with E-state index in [-0.39, 0.29) is 23.7 Å². The minimum atomic E-state index is -4.89. The lowest BCUT2D eigenvalue weighted by Crippen LogP contribution is -2.44. The Kier molecular flexibility index (Phi) is 17.8. The molecule has 0 spiro atoms. The molecule has 60 heavy (non-hydrogen) atoms. The highest BCUT2D eigenvalue weighted by Gasteiger charge is 2.38. The second-order valence-electron chi connectivity index (χ2n) is 13.8. The first-order valence-corrected chi connectivity index (χ1v) is 18.7. The second kappa shape index (κ2) is 22.1. The highest BCUT2D eigenvalue weighted by atomic mass is 19.4. The summed E-state index contributed by atoms with van der Waals surface area (Å²) < 4.78 is 169. The van der Waals surface area contributed by atoms with Gasteiger partial charge in [-0.05, 0) is 79.0 Å². The Balaban J connectivity index is 0.000000295. The summed E-state index contributed by atoms with van der Waals surface area (Å²) in [5.41, 5.74) is -4.95. The zero-order valence-electron chi connectivity index (χ0n) is 32.1. The number of rotatable bonds is 10. The average molecular weight is 869 g/mol. The maximum Gasteiger partial charge on any atom is 0.416 e. The Bertz CT molecular complexity index is 1770. The molecule has 0 aromatic heterocycles. The van der Waals surface area contributed by atoms with Crippen LogP contribution in [-0.4, -0.2) is 73.7 Å². The fraction of sp³-hybridized carbons (Fsp3) is 0.429. The Hall–Kier alpha value is -4.20. The van der Waals surface area contributed by atoms with Gasteiger partial charge in [0.2, 0.25) is 0 Å². The van der Waals surface area contributed by atoms with Crippen molar-refractivity contribution in [2.45, 2.75) is 63.1 Å². The number of halogens is 12. The van der Waals surface area contributed by atoms with Crippen LogP contribution >= 0.6 is 0 Å². The summed E-state index contributed by atoms with van der Waals surface area (Å²) in [6.07, 6.45) is -18.3. The first kappa shape index (κ1) is 48.5. The summed E-state index contributed by atoms with van der Waals surface area (Å²) in [6.45, 7) is 4.15. The van der Waals surface area contributed by atoms with Crippen LogP contribution in [0.15, 0.2) is 103 Å². The lowest BCUT2D eigenvalue weighted by Gasteiger charge is -2.36. The van der Waals surface area contributed by atoms with Crippen molar-refractivity contribution >= 4 is 0 Å². The Morgan fingerprint density at radius 2 is 1.05 bits per heavy atom. The summed E-state index contributed by atoms with van der Waals surface area (Å²) in [5, 5.41) is 8.58. The van der Waals surface area contributed by atoms with E-state index >= 15 is 0 Å². The molecule has 6 rings (SSSR count). The number of nitrogens with zero attached hydrogens (tertiary/aromatic N) is 2. The zero-order chi connectivity index (χ0) is 44.0. The molecule has 2 atom stereocenters. The normalized spacial score (nSPS) is 18.2. The number of hydrogen-bond donors (Lipinski definition) is 1. The van der Waals surface area contributed by atoms with Crippen LogP contribution in [0.2, 0.25) is 0 Å². The number of morpholine rings is 2. The predicted octanol–water partition coefficient (Wildman–Crippen LogP) is 10.7. The molecule has 0 radical (unpaired) electrons. The lowest BCUT2D eigenvalue weighted by molar-refractivity contribution is -0.185. The van der Waals surface area contributed by atoms with Crippen LogP contribution in [0.4, 0.5) is 52.7 Å². The van der Waals surface area contributed by atoms with Crippen LogP contribution in [0.3, 0.4) is 0 Å². The van der Waals surface area contributed by atoms with Crippen molar-refractivity contribution in [1.29, 1.82) is 0 Å². The fourth-order valence-corrected chi connectivity index (χ4v) is 6.30. The predicted molar refractivity (Wildman–Crippen MR) is 197 cm³/mol. The maximum absolute atomic E-state index is 13.1. The van der Waals surface area contributed by atoms with E-state index in [2.05, 4.69) is 21.9 Å². The van der Waals surface area contributed by atoms with E-state index in [1.165, 1.54) is 5.56 Å².